The van der Waals surface area contributed by atoms with Gasteiger partial charge in [-0.15, -0.1) is 0 Å². The SMILES string of the molecule is CNCC1CCN(C(=O)C(NC(=O)Cc2ccccc2)C(C)C)CC1. The van der Waals surface area contributed by atoms with Crippen molar-refractivity contribution in [2.45, 2.75) is 39.2 Å². The van der Waals surface area contributed by atoms with Crippen LogP contribution in [0.25, 0.3) is 0 Å². The van der Waals surface area contributed by atoms with Crippen LogP contribution in [0.5, 0.6) is 0 Å². The van der Waals surface area contributed by atoms with Crippen molar-refractivity contribution in [1.82, 2.24) is 15.5 Å². The Morgan fingerprint density at radius 1 is 1.16 bits per heavy atom. The maximum Gasteiger partial charge on any atom is 0.245 e. The number of carbonyl (C=O) groups is 2. The minimum Gasteiger partial charge on any atom is -0.344 e. The summed E-state index contributed by atoms with van der Waals surface area (Å²) < 4.78 is 0. The molecule has 2 amide bonds. The maximum atomic E-state index is 12.9. The highest BCUT2D eigenvalue weighted by Crippen LogP contribution is 2.18. The molecule has 0 saturated carbocycles. The Kier molecular flexibility index (Phi) is 7.44. The van der Waals surface area contributed by atoms with Crippen LogP contribution in [0.3, 0.4) is 0 Å². The number of nitrogens with one attached hydrogen (secondary N) is 2. The van der Waals surface area contributed by atoms with Gasteiger partial charge in [-0.1, -0.05) is 44.2 Å². The zero-order valence-electron chi connectivity index (χ0n) is 15.6. The van der Waals surface area contributed by atoms with E-state index in [1.807, 2.05) is 56.1 Å². The van der Waals surface area contributed by atoms with Crippen molar-refractivity contribution in [2.75, 3.05) is 26.7 Å². The molecule has 1 atom stereocenters. The van der Waals surface area contributed by atoms with Gasteiger partial charge in [0, 0.05) is 13.1 Å². The monoisotopic (exact) mass is 345 g/mol. The first-order chi connectivity index (χ1) is 12.0. The maximum absolute atomic E-state index is 12.9. The van der Waals surface area contributed by atoms with Crippen LogP contribution in [0.4, 0.5) is 0 Å². The average molecular weight is 345 g/mol. The van der Waals surface area contributed by atoms with Crippen LogP contribution >= 0.6 is 0 Å². The van der Waals surface area contributed by atoms with Crippen molar-refractivity contribution >= 4 is 11.8 Å². The van der Waals surface area contributed by atoms with E-state index in [1.165, 1.54) is 0 Å². The molecule has 5 heteroatoms. The molecule has 1 aromatic rings. The highest BCUT2D eigenvalue weighted by molar-refractivity contribution is 5.88. The van der Waals surface area contributed by atoms with Gasteiger partial charge in [0.05, 0.1) is 6.42 Å². The third-order valence-electron chi connectivity index (χ3n) is 4.88. The van der Waals surface area contributed by atoms with E-state index in [1.54, 1.807) is 0 Å². The van der Waals surface area contributed by atoms with E-state index in [9.17, 15) is 9.59 Å². The van der Waals surface area contributed by atoms with Crippen molar-refractivity contribution in [1.29, 1.82) is 0 Å². The Morgan fingerprint density at radius 3 is 2.36 bits per heavy atom. The summed E-state index contributed by atoms with van der Waals surface area (Å²) in [6.45, 7) is 6.54. The normalized spacial score (nSPS) is 16.7. The van der Waals surface area contributed by atoms with Crippen molar-refractivity contribution in [3.8, 4) is 0 Å². The zero-order chi connectivity index (χ0) is 18.2. The Bertz CT molecular complexity index is 551. The van der Waals surface area contributed by atoms with Crippen molar-refractivity contribution < 1.29 is 9.59 Å². The lowest BCUT2D eigenvalue weighted by Gasteiger charge is -2.35. The number of carbonyl (C=O) groups excluding carboxylic acids is 2. The van der Waals surface area contributed by atoms with Crippen molar-refractivity contribution in [3.63, 3.8) is 0 Å². The van der Waals surface area contributed by atoms with Gasteiger partial charge in [0.2, 0.25) is 11.8 Å². The first-order valence-electron chi connectivity index (χ1n) is 9.28. The summed E-state index contributed by atoms with van der Waals surface area (Å²) in [6, 6.07) is 9.18. The van der Waals surface area contributed by atoms with Gasteiger partial charge in [-0.3, -0.25) is 9.59 Å². The van der Waals surface area contributed by atoms with Crippen LogP contribution in [-0.4, -0.2) is 49.4 Å². The lowest BCUT2D eigenvalue weighted by molar-refractivity contribution is -0.138. The van der Waals surface area contributed by atoms with Crippen LogP contribution in [-0.2, 0) is 16.0 Å². The number of piperidine rings is 1. The summed E-state index contributed by atoms with van der Waals surface area (Å²) in [6.07, 6.45) is 2.35. The summed E-state index contributed by atoms with van der Waals surface area (Å²) >= 11 is 0. The second-order valence-electron chi connectivity index (χ2n) is 7.28. The molecule has 0 bridgehead atoms. The third kappa shape index (κ3) is 5.85. The fraction of sp³-hybridized carbons (Fsp3) is 0.600. The van der Waals surface area contributed by atoms with Gasteiger partial charge in [0.25, 0.3) is 0 Å². The summed E-state index contributed by atoms with van der Waals surface area (Å²) in [5, 5.41) is 6.17. The topological polar surface area (TPSA) is 61.4 Å². The minimum atomic E-state index is -0.447. The molecule has 2 N–H and O–H groups in total. The fourth-order valence-electron chi connectivity index (χ4n) is 3.36. The zero-order valence-corrected chi connectivity index (χ0v) is 15.6. The average Bonchev–Trinajstić information content (AvgIpc) is 2.61. The standard InChI is InChI=1S/C20H31N3O2/c1-15(2)19(22-18(24)13-16-7-5-4-6-8-16)20(25)23-11-9-17(10-12-23)14-21-3/h4-8,15,17,19,21H,9-14H2,1-3H3,(H,22,24). The summed E-state index contributed by atoms with van der Waals surface area (Å²) in [4.78, 5) is 27.2. The number of likely N-dealkylation sites (tertiary alicyclic amines) is 1. The van der Waals surface area contributed by atoms with Crippen LogP contribution in [0.15, 0.2) is 30.3 Å². The molecule has 1 heterocycles. The van der Waals surface area contributed by atoms with Crippen molar-refractivity contribution in [3.05, 3.63) is 35.9 Å². The summed E-state index contributed by atoms with van der Waals surface area (Å²) in [5.74, 6) is 0.670. The number of nitrogens with zero attached hydrogens (tertiary/aromatic N) is 1. The third-order valence-corrected chi connectivity index (χ3v) is 4.88. The van der Waals surface area contributed by atoms with Crippen LogP contribution in [0.2, 0.25) is 0 Å². The fourth-order valence-corrected chi connectivity index (χ4v) is 3.36. The molecule has 25 heavy (non-hydrogen) atoms. The molecule has 1 aliphatic rings. The molecule has 1 unspecified atom stereocenters. The molecule has 0 radical (unpaired) electrons. The highest BCUT2D eigenvalue weighted by atomic mass is 16.2. The van der Waals surface area contributed by atoms with Gasteiger partial charge in [-0.25, -0.2) is 0 Å². The molecule has 0 spiro atoms. The van der Waals surface area contributed by atoms with E-state index < -0.39 is 6.04 Å². The Labute approximate surface area is 151 Å². The molecule has 0 aliphatic carbocycles. The molecule has 1 fully saturated rings. The first kappa shape index (κ1) is 19.4. The molecule has 1 aliphatic heterocycles. The van der Waals surface area contributed by atoms with E-state index in [0.29, 0.717) is 12.3 Å². The highest BCUT2D eigenvalue weighted by Gasteiger charge is 2.30. The molecule has 138 valence electrons. The first-order valence-corrected chi connectivity index (χ1v) is 9.28. The predicted octanol–water partition coefficient (Wildman–Crippen LogP) is 1.83. The van der Waals surface area contributed by atoms with Gasteiger partial charge in [0.1, 0.15) is 6.04 Å². The predicted molar refractivity (Wildman–Crippen MR) is 100 cm³/mol. The molecular weight excluding hydrogens is 314 g/mol. The second-order valence-corrected chi connectivity index (χ2v) is 7.28. The van der Waals surface area contributed by atoms with E-state index in [-0.39, 0.29) is 17.7 Å². The van der Waals surface area contributed by atoms with Crippen LogP contribution in [0.1, 0.15) is 32.3 Å². The number of rotatable bonds is 7. The lowest BCUT2D eigenvalue weighted by atomic mass is 9.95. The second kappa shape index (κ2) is 9.56. The van der Waals surface area contributed by atoms with Gasteiger partial charge in [0.15, 0.2) is 0 Å². The largest absolute Gasteiger partial charge is 0.344 e. The van der Waals surface area contributed by atoms with Crippen molar-refractivity contribution in [2.24, 2.45) is 11.8 Å². The lowest BCUT2D eigenvalue weighted by Crippen LogP contribution is -2.53. The van der Waals surface area contributed by atoms with Gasteiger partial charge < -0.3 is 15.5 Å². The van der Waals surface area contributed by atoms with Crippen LogP contribution < -0.4 is 10.6 Å². The van der Waals surface area contributed by atoms with Crippen LogP contribution in [0, 0.1) is 11.8 Å². The number of benzene rings is 1. The molecule has 2 rings (SSSR count). The van der Waals surface area contributed by atoms with Gasteiger partial charge in [-0.2, -0.15) is 0 Å². The van der Waals surface area contributed by atoms with E-state index in [2.05, 4.69) is 10.6 Å². The quantitative estimate of drug-likeness (QED) is 0.792. The molecule has 1 aromatic carbocycles. The van der Waals surface area contributed by atoms with E-state index in [4.69, 9.17) is 0 Å². The summed E-state index contributed by atoms with van der Waals surface area (Å²) in [7, 11) is 1.97. The van der Waals surface area contributed by atoms with Gasteiger partial charge >= 0.3 is 0 Å². The molecule has 0 aromatic heterocycles. The van der Waals surface area contributed by atoms with E-state index >= 15 is 0 Å². The molecule has 1 saturated heterocycles. The Hall–Kier alpha value is -1.88. The van der Waals surface area contributed by atoms with E-state index in [0.717, 1.165) is 38.0 Å². The molecular formula is C20H31N3O2. The Morgan fingerprint density at radius 2 is 1.80 bits per heavy atom. The molecule has 5 nitrogen and oxygen atoms in total. The number of amides is 2. The number of hydrogen-bond acceptors (Lipinski definition) is 3. The Balaban J connectivity index is 1.91. The van der Waals surface area contributed by atoms with Gasteiger partial charge in [-0.05, 0) is 43.8 Å². The smallest absolute Gasteiger partial charge is 0.245 e. The summed E-state index contributed by atoms with van der Waals surface area (Å²) in [5.41, 5.74) is 0.961. The minimum absolute atomic E-state index is 0.0549. The number of hydrogen-bond donors (Lipinski definition) is 2.